The minimum Gasteiger partial charge on any atom is -0.483 e. The summed E-state index contributed by atoms with van der Waals surface area (Å²) in [6.45, 7) is -0.143. The van der Waals surface area contributed by atoms with E-state index >= 15 is 0 Å². The average Bonchev–Trinajstić information content (AvgIpc) is 2.25. The van der Waals surface area contributed by atoms with Gasteiger partial charge in [0.25, 0.3) is 5.91 Å². The molecule has 92 valence electrons. The fourth-order valence-corrected chi connectivity index (χ4v) is 2.12. The second kappa shape index (κ2) is 6.77. The molecule has 1 aromatic rings. The molecule has 1 aromatic carbocycles. The zero-order chi connectivity index (χ0) is 12.8. The van der Waals surface area contributed by atoms with Gasteiger partial charge in [0.2, 0.25) is 0 Å². The highest BCUT2D eigenvalue weighted by molar-refractivity contribution is 9.11. The molecule has 0 atom stereocenters. The summed E-state index contributed by atoms with van der Waals surface area (Å²) >= 11 is 11.2. The molecule has 0 unspecified atom stereocenters. The van der Waals surface area contributed by atoms with Crippen LogP contribution in [0.2, 0.25) is 0 Å². The van der Waals surface area contributed by atoms with Gasteiger partial charge in [-0.1, -0.05) is 15.9 Å². The number of halogens is 2. The van der Waals surface area contributed by atoms with Crippen LogP contribution in [0.3, 0.4) is 0 Å². The van der Waals surface area contributed by atoms with E-state index in [0.717, 1.165) is 8.95 Å². The normalized spacial score (nSPS) is 9.53. The number of carbonyl (C=O) groups excluding carboxylic acids is 1. The summed E-state index contributed by atoms with van der Waals surface area (Å²) in [7, 11) is 0. The number of nitrogens with two attached hydrogens (primary N) is 1. The van der Waals surface area contributed by atoms with Crippen LogP contribution in [-0.4, -0.2) is 17.6 Å². The van der Waals surface area contributed by atoms with Gasteiger partial charge in [0, 0.05) is 4.47 Å². The fraction of sp³-hybridized carbons (Fsp3) is 0.111. The summed E-state index contributed by atoms with van der Waals surface area (Å²) in [4.78, 5) is 11.3. The molecule has 0 fully saturated rings. The molecule has 1 amide bonds. The van der Waals surface area contributed by atoms with E-state index in [9.17, 15) is 4.79 Å². The minimum atomic E-state index is -0.382. The first-order valence-corrected chi connectivity index (χ1v) is 6.40. The molecular formula is C9H9Br2N3O2S. The number of carbonyl (C=O) groups is 1. The van der Waals surface area contributed by atoms with Gasteiger partial charge in [0.1, 0.15) is 5.75 Å². The second-order valence-electron chi connectivity index (χ2n) is 2.90. The molecule has 0 spiro atoms. The van der Waals surface area contributed by atoms with Crippen LogP contribution in [0.5, 0.6) is 5.75 Å². The summed E-state index contributed by atoms with van der Waals surface area (Å²) in [6, 6.07) is 5.37. The van der Waals surface area contributed by atoms with Crippen molar-refractivity contribution < 1.29 is 9.53 Å². The molecule has 0 radical (unpaired) electrons. The topological polar surface area (TPSA) is 76.4 Å². The van der Waals surface area contributed by atoms with E-state index in [-0.39, 0.29) is 17.6 Å². The third-order valence-electron chi connectivity index (χ3n) is 1.58. The van der Waals surface area contributed by atoms with E-state index in [4.69, 9.17) is 10.5 Å². The van der Waals surface area contributed by atoms with Crippen molar-refractivity contribution in [3.63, 3.8) is 0 Å². The predicted molar refractivity (Wildman–Crippen MR) is 75.4 cm³/mol. The van der Waals surface area contributed by atoms with Gasteiger partial charge in [0.05, 0.1) is 4.47 Å². The maximum Gasteiger partial charge on any atom is 0.276 e. The number of thiocarbonyl (C=S) groups is 1. The van der Waals surface area contributed by atoms with Gasteiger partial charge < -0.3 is 10.5 Å². The summed E-state index contributed by atoms with van der Waals surface area (Å²) in [5, 5.41) is -0.0110. The number of ether oxygens (including phenoxy) is 1. The van der Waals surface area contributed by atoms with Gasteiger partial charge in [-0.25, -0.2) is 0 Å². The van der Waals surface area contributed by atoms with Crippen LogP contribution in [0, 0.1) is 0 Å². The van der Waals surface area contributed by atoms with E-state index in [1.54, 1.807) is 6.07 Å². The molecule has 0 saturated carbocycles. The summed E-state index contributed by atoms with van der Waals surface area (Å²) in [5.41, 5.74) is 9.74. The Labute approximate surface area is 120 Å². The molecule has 0 bridgehead atoms. The molecule has 0 aliphatic carbocycles. The lowest BCUT2D eigenvalue weighted by Gasteiger charge is -2.09. The molecule has 17 heavy (non-hydrogen) atoms. The van der Waals surface area contributed by atoms with Crippen molar-refractivity contribution >= 4 is 55.1 Å². The lowest BCUT2D eigenvalue weighted by molar-refractivity contribution is -0.123. The van der Waals surface area contributed by atoms with E-state index in [1.165, 1.54) is 0 Å². The Balaban J connectivity index is 2.44. The van der Waals surface area contributed by atoms with Crippen LogP contribution in [0.25, 0.3) is 0 Å². The molecule has 0 heterocycles. The Morgan fingerprint density at radius 1 is 1.41 bits per heavy atom. The average molecular weight is 383 g/mol. The van der Waals surface area contributed by atoms with Gasteiger partial charge in [-0.15, -0.1) is 0 Å². The zero-order valence-corrected chi connectivity index (χ0v) is 12.5. The van der Waals surface area contributed by atoms with Gasteiger partial charge in [-0.2, -0.15) is 0 Å². The molecule has 0 aliphatic heterocycles. The highest BCUT2D eigenvalue weighted by Gasteiger charge is 2.05. The number of benzene rings is 1. The highest BCUT2D eigenvalue weighted by Crippen LogP contribution is 2.27. The van der Waals surface area contributed by atoms with Gasteiger partial charge in [-0.3, -0.25) is 15.6 Å². The van der Waals surface area contributed by atoms with Crippen LogP contribution in [0.4, 0.5) is 0 Å². The molecule has 0 aliphatic rings. The first-order valence-electron chi connectivity index (χ1n) is 4.41. The van der Waals surface area contributed by atoms with Gasteiger partial charge in [0.15, 0.2) is 11.7 Å². The van der Waals surface area contributed by atoms with E-state index < -0.39 is 0 Å². The van der Waals surface area contributed by atoms with Crippen molar-refractivity contribution in [1.29, 1.82) is 0 Å². The monoisotopic (exact) mass is 381 g/mol. The van der Waals surface area contributed by atoms with Crippen LogP contribution < -0.4 is 21.3 Å². The number of hydrogen-bond donors (Lipinski definition) is 3. The van der Waals surface area contributed by atoms with Crippen LogP contribution in [-0.2, 0) is 4.79 Å². The number of rotatable bonds is 3. The van der Waals surface area contributed by atoms with Crippen molar-refractivity contribution in [3.8, 4) is 5.75 Å². The smallest absolute Gasteiger partial charge is 0.276 e. The van der Waals surface area contributed by atoms with Crippen molar-refractivity contribution in [2.24, 2.45) is 5.73 Å². The third-order valence-corrected chi connectivity index (χ3v) is 2.79. The van der Waals surface area contributed by atoms with Gasteiger partial charge in [-0.05, 0) is 46.3 Å². The van der Waals surface area contributed by atoms with E-state index in [2.05, 4.69) is 54.9 Å². The molecule has 5 nitrogen and oxygen atoms in total. The number of hydrogen-bond acceptors (Lipinski definition) is 3. The molecule has 8 heteroatoms. The van der Waals surface area contributed by atoms with Crippen molar-refractivity contribution in [1.82, 2.24) is 10.9 Å². The van der Waals surface area contributed by atoms with E-state index in [0.29, 0.717) is 5.75 Å². The Kier molecular flexibility index (Phi) is 5.66. The standard InChI is InChI=1S/C9H9Br2N3O2S/c10-5-1-2-7(6(11)3-5)16-4-8(15)13-14-9(12)17/h1-3H,4H2,(H,13,15)(H3,12,14,17). The third kappa shape index (κ3) is 5.33. The molecule has 1 rings (SSSR count). The lowest BCUT2D eigenvalue weighted by atomic mass is 10.3. The summed E-state index contributed by atoms with van der Waals surface area (Å²) < 4.78 is 6.95. The largest absolute Gasteiger partial charge is 0.483 e. The predicted octanol–water partition coefficient (Wildman–Crippen LogP) is 1.45. The molecular weight excluding hydrogens is 374 g/mol. The Hall–Kier alpha value is -0.860. The maximum atomic E-state index is 11.3. The Morgan fingerprint density at radius 2 is 2.12 bits per heavy atom. The number of nitrogens with one attached hydrogen (secondary N) is 2. The van der Waals surface area contributed by atoms with Crippen LogP contribution in [0.15, 0.2) is 27.1 Å². The number of hydrazine groups is 1. The lowest BCUT2D eigenvalue weighted by Crippen LogP contribution is -2.46. The number of amides is 1. The maximum absolute atomic E-state index is 11.3. The van der Waals surface area contributed by atoms with Gasteiger partial charge >= 0.3 is 0 Å². The highest BCUT2D eigenvalue weighted by atomic mass is 79.9. The van der Waals surface area contributed by atoms with Crippen LogP contribution in [0.1, 0.15) is 0 Å². The zero-order valence-electron chi connectivity index (χ0n) is 8.50. The minimum absolute atomic E-state index is 0.0110. The first kappa shape index (κ1) is 14.2. The van der Waals surface area contributed by atoms with Crippen molar-refractivity contribution in [2.45, 2.75) is 0 Å². The fourth-order valence-electron chi connectivity index (χ4n) is 0.903. The summed E-state index contributed by atoms with van der Waals surface area (Å²) in [6.07, 6.45) is 0. The SMILES string of the molecule is NC(=S)NNC(=O)COc1ccc(Br)cc1Br. The van der Waals surface area contributed by atoms with Crippen molar-refractivity contribution in [2.75, 3.05) is 6.61 Å². The second-order valence-corrected chi connectivity index (χ2v) is 5.11. The Bertz CT molecular complexity index is 442. The molecule has 0 saturated heterocycles. The van der Waals surface area contributed by atoms with Crippen molar-refractivity contribution in [3.05, 3.63) is 27.1 Å². The van der Waals surface area contributed by atoms with Crippen LogP contribution >= 0.6 is 44.1 Å². The Morgan fingerprint density at radius 3 is 2.71 bits per heavy atom. The molecule has 4 N–H and O–H groups in total. The molecule has 0 aromatic heterocycles. The quantitative estimate of drug-likeness (QED) is 0.545. The summed E-state index contributed by atoms with van der Waals surface area (Å²) in [5.74, 6) is 0.186. The first-order chi connectivity index (χ1) is 7.99. The van der Waals surface area contributed by atoms with E-state index in [1.807, 2.05) is 12.1 Å².